The summed E-state index contributed by atoms with van der Waals surface area (Å²) in [5.74, 6) is -1.90. The second kappa shape index (κ2) is 22.5. The van der Waals surface area contributed by atoms with Crippen molar-refractivity contribution in [1.29, 1.82) is 5.26 Å². The fraction of sp³-hybridized carbons (Fsp3) is 0.946. The van der Waals surface area contributed by atoms with Gasteiger partial charge in [-0.1, -0.05) is 0 Å². The predicted octanol–water partition coefficient (Wildman–Crippen LogP) is -13.1. The van der Waals surface area contributed by atoms with Gasteiger partial charge in [-0.25, -0.2) is 4.79 Å². The maximum absolute atomic E-state index is 12.5. The van der Waals surface area contributed by atoms with Gasteiger partial charge in [0.2, 0.25) is 0 Å². The third kappa shape index (κ3) is 10.5. The lowest BCUT2D eigenvalue weighted by atomic mass is 9.93. The Bertz CT molecular complexity index is 1720. The van der Waals surface area contributed by atoms with Gasteiger partial charge in [-0.3, -0.25) is 0 Å². The molecule has 22 aliphatic rings. The number of ether oxygens (including phenoxy) is 12. The molecular formula is C37H57NO31. The number of carbonyl (C=O) groups is 1. The molecule has 0 aromatic carbocycles. The molecule has 18 N–H and O–H groups in total. The first-order valence-electron chi connectivity index (χ1n) is 21.5. The first kappa shape index (κ1) is 54.6. The molecular weight excluding hydrogens is 954 g/mol. The zero-order valence-corrected chi connectivity index (χ0v) is 35.5. The SMILES string of the molecule is N#CC(O)[C@H]1O[C@H]2O[C@H]3[C@H](O)[C@@H](O)[C@@H](O[C@H]4[C@H](O)[C@@H](O)[C@@H](O[C@H]5[C@H](O)[C@@H](O)[C@@H](O[C@H]6[C@H](O)[C@@H](O)[C@@H](O[C@H]7[C@H](O)[C@@H](O)[C@@H](O[C@H]1[C@H](O)[C@H]2O)O[C@@H]7CO)O[C@@H]6CO)O[C@@H]5C(=O)O)O[C@@H]4CO)O[C@@H]3CO. The summed E-state index contributed by atoms with van der Waals surface area (Å²) in [6.07, 6.45) is -66.1. The molecule has 22 fully saturated rings. The smallest absolute Gasteiger partial charge is 0.335 e. The van der Waals surface area contributed by atoms with Crippen molar-refractivity contribution in [2.75, 3.05) is 26.4 Å². The van der Waals surface area contributed by atoms with Crippen molar-refractivity contribution in [1.82, 2.24) is 0 Å². The lowest BCUT2D eigenvalue weighted by Gasteiger charge is -2.50. The van der Waals surface area contributed by atoms with E-state index in [0.29, 0.717) is 0 Å². The van der Waals surface area contributed by atoms with E-state index in [-0.39, 0.29) is 0 Å². The van der Waals surface area contributed by atoms with Crippen molar-refractivity contribution in [3.8, 4) is 6.07 Å². The Kier molecular flexibility index (Phi) is 17.8. The van der Waals surface area contributed by atoms with E-state index in [4.69, 9.17) is 56.8 Å². The summed E-state index contributed by atoms with van der Waals surface area (Å²) in [4.78, 5) is 12.5. The van der Waals surface area contributed by atoms with Crippen LogP contribution in [-0.4, -0.2) is 315 Å². The highest BCUT2D eigenvalue weighted by Crippen LogP contribution is 2.38. The van der Waals surface area contributed by atoms with E-state index in [2.05, 4.69) is 0 Å². The maximum Gasteiger partial charge on any atom is 0.335 e. The number of nitrogens with zero attached hydrogens (tertiary/aromatic N) is 1. The summed E-state index contributed by atoms with van der Waals surface area (Å²) in [5, 5.41) is 206. The average Bonchev–Trinajstić information content (AvgIpc) is 3.33. The number of carboxylic acids is 1. The number of hydrogen-bond donors (Lipinski definition) is 18. The van der Waals surface area contributed by atoms with Gasteiger partial charge >= 0.3 is 5.97 Å². The largest absolute Gasteiger partial charge is 0.479 e. The van der Waals surface area contributed by atoms with Crippen LogP contribution in [0.15, 0.2) is 0 Å². The van der Waals surface area contributed by atoms with Gasteiger partial charge in [-0.15, -0.1) is 0 Å². The number of aliphatic hydroxyl groups is 17. The Labute approximate surface area is 387 Å². The fourth-order valence-electron chi connectivity index (χ4n) is 9.02. The molecule has 12 bridgehead atoms. The number of rotatable bonds is 6. The molecule has 22 saturated heterocycles. The molecule has 32 nitrogen and oxygen atoms in total. The van der Waals surface area contributed by atoms with Gasteiger partial charge < -0.3 is 149 Å². The third-order valence-corrected chi connectivity index (χ3v) is 12.8. The van der Waals surface area contributed by atoms with Crippen molar-refractivity contribution >= 4 is 5.97 Å². The van der Waals surface area contributed by atoms with Crippen LogP contribution in [0.4, 0.5) is 0 Å². The number of nitriles is 1. The average molecular weight is 1010 g/mol. The molecule has 22 rings (SSSR count). The van der Waals surface area contributed by atoms with Crippen molar-refractivity contribution < 1.29 is 154 Å². The summed E-state index contributed by atoms with van der Waals surface area (Å²) in [7, 11) is 0. The van der Waals surface area contributed by atoms with Crippen LogP contribution >= 0.6 is 0 Å². The molecule has 0 aliphatic carbocycles. The van der Waals surface area contributed by atoms with Crippen molar-refractivity contribution in [2.45, 2.75) is 190 Å². The van der Waals surface area contributed by atoms with Gasteiger partial charge in [-0.05, 0) is 0 Å². The lowest BCUT2D eigenvalue weighted by molar-refractivity contribution is -0.403. The van der Waals surface area contributed by atoms with E-state index in [1.165, 1.54) is 6.07 Å². The first-order chi connectivity index (χ1) is 32.7. The summed E-state index contributed by atoms with van der Waals surface area (Å²) >= 11 is 0. The molecule has 0 aromatic heterocycles. The van der Waals surface area contributed by atoms with E-state index in [1.807, 2.05) is 0 Å². The second-order valence-corrected chi connectivity index (χ2v) is 17.2. The number of aliphatic carboxylic acids is 1. The van der Waals surface area contributed by atoms with E-state index in [0.717, 1.165) is 0 Å². The number of carboxylic acid groups (broad SMARTS) is 1. The Morgan fingerprint density at radius 1 is 0.377 bits per heavy atom. The Morgan fingerprint density at radius 3 is 0.913 bits per heavy atom. The van der Waals surface area contributed by atoms with Gasteiger partial charge in [0, 0.05) is 0 Å². The van der Waals surface area contributed by atoms with Crippen LogP contribution in [0.25, 0.3) is 0 Å². The van der Waals surface area contributed by atoms with Gasteiger partial charge in [0.15, 0.2) is 49.9 Å². The molecule has 396 valence electrons. The van der Waals surface area contributed by atoms with E-state index < -0.39 is 223 Å². The standard InChI is InChI=1S/C37H57NO31/c38-1-6(43)23-28-15(48)21(54)36(62-23)65-26-9(4-41)58-32(17(50)11(26)44)64-25-8(3-40)61-35(20(53)14(25)47)68-29-16(49)22(55)37(69-30(29)31(56)57)66-27-10(5-42)59-33(18(51)12(27)45)63-24-7(2-39)60-34(67-28)19(52)13(24)46/h6-30,32-37,39-55H,2-5H2,(H,56,57)/t6?,7-,8-,9-,10-,11-,12-,13-,14-,15-,16-,17-,18-,19-,20-,21-,22-,23-,24-,25-,26-,27-,28+,29+,30+,32-,33-,34-,35-,36+,37+/m1/s1. The summed E-state index contributed by atoms with van der Waals surface area (Å²) in [5.41, 5.74) is 0. The molecule has 1 unspecified atom stereocenters. The third-order valence-electron chi connectivity index (χ3n) is 12.8. The maximum atomic E-state index is 12.5. The molecule has 0 amide bonds. The minimum absolute atomic E-state index is 1.08. The Balaban J connectivity index is 1.22. The van der Waals surface area contributed by atoms with E-state index in [9.17, 15) is 102 Å². The molecule has 0 radical (unpaired) electrons. The second-order valence-electron chi connectivity index (χ2n) is 17.2. The Morgan fingerprint density at radius 2 is 0.623 bits per heavy atom. The van der Waals surface area contributed by atoms with Crippen molar-refractivity contribution in [2.24, 2.45) is 0 Å². The predicted molar refractivity (Wildman–Crippen MR) is 201 cm³/mol. The summed E-state index contributed by atoms with van der Waals surface area (Å²) < 4.78 is 67.0. The van der Waals surface area contributed by atoms with E-state index >= 15 is 0 Å². The van der Waals surface area contributed by atoms with Gasteiger partial charge in [0.05, 0.1) is 32.5 Å². The van der Waals surface area contributed by atoms with Crippen LogP contribution in [0, 0.1) is 11.3 Å². The van der Waals surface area contributed by atoms with Crippen molar-refractivity contribution in [3.63, 3.8) is 0 Å². The van der Waals surface area contributed by atoms with Gasteiger partial charge in [-0.2, -0.15) is 5.26 Å². The minimum atomic E-state index is -2.36. The fourth-order valence-corrected chi connectivity index (χ4v) is 9.02. The molecule has 22 aliphatic heterocycles. The van der Waals surface area contributed by atoms with Gasteiger partial charge in [0.25, 0.3) is 0 Å². The lowest BCUT2D eigenvalue weighted by Crippen LogP contribution is -2.69. The normalized spacial score (nSPS) is 53.7. The molecule has 31 atom stereocenters. The van der Waals surface area contributed by atoms with Crippen molar-refractivity contribution in [3.05, 3.63) is 0 Å². The molecule has 22 heterocycles. The summed E-state index contributed by atoms with van der Waals surface area (Å²) in [6.45, 7) is -4.35. The summed E-state index contributed by atoms with van der Waals surface area (Å²) in [6, 6.07) is 1.41. The molecule has 69 heavy (non-hydrogen) atoms. The van der Waals surface area contributed by atoms with Gasteiger partial charge in [0.1, 0.15) is 140 Å². The van der Waals surface area contributed by atoms with Crippen LogP contribution in [0.3, 0.4) is 0 Å². The highest BCUT2D eigenvalue weighted by molar-refractivity contribution is 5.73. The molecule has 0 saturated carbocycles. The van der Waals surface area contributed by atoms with Crippen LogP contribution in [0.2, 0.25) is 0 Å². The van der Waals surface area contributed by atoms with Crippen LogP contribution in [0.5, 0.6) is 0 Å². The quantitative estimate of drug-likeness (QED) is 0.110. The molecule has 32 heteroatoms. The van der Waals surface area contributed by atoms with Crippen LogP contribution in [-0.2, 0) is 61.6 Å². The Hall–Kier alpha value is -2.20. The minimum Gasteiger partial charge on any atom is -0.479 e. The zero-order valence-electron chi connectivity index (χ0n) is 35.5. The zero-order chi connectivity index (χ0) is 50.5. The van der Waals surface area contributed by atoms with Crippen LogP contribution in [0.1, 0.15) is 0 Å². The van der Waals surface area contributed by atoms with E-state index in [1.54, 1.807) is 0 Å². The monoisotopic (exact) mass is 1010 g/mol. The van der Waals surface area contributed by atoms with Crippen LogP contribution < -0.4 is 0 Å². The molecule has 0 spiro atoms. The number of aliphatic hydroxyl groups excluding tert-OH is 17. The molecule has 0 aromatic rings. The highest BCUT2D eigenvalue weighted by Gasteiger charge is 2.59. The highest BCUT2D eigenvalue weighted by atomic mass is 16.8. The topological polar surface area (TPSA) is 516 Å². The number of hydrogen-bond acceptors (Lipinski definition) is 31. The first-order valence-corrected chi connectivity index (χ1v) is 21.5.